The molecule has 0 amide bonds. The number of anilines is 1. The summed E-state index contributed by atoms with van der Waals surface area (Å²) in [6, 6.07) is 3.39. The van der Waals surface area contributed by atoms with Crippen LogP contribution in [0.25, 0.3) is 11.0 Å². The monoisotopic (exact) mass is 205 g/mol. The number of carbonyl (C=O) groups excluding carboxylic acids is 1. The Morgan fingerprint density at radius 2 is 2.27 bits per heavy atom. The van der Waals surface area contributed by atoms with Gasteiger partial charge in [0.1, 0.15) is 11.3 Å². The first kappa shape index (κ1) is 9.51. The maximum Gasteiger partial charge on any atom is 0.340 e. The van der Waals surface area contributed by atoms with E-state index in [-0.39, 0.29) is 0 Å². The third-order valence-electron chi connectivity index (χ3n) is 2.22. The number of hydrogen-bond donors (Lipinski definition) is 2. The summed E-state index contributed by atoms with van der Waals surface area (Å²) in [7, 11) is 1.32. The zero-order valence-corrected chi connectivity index (χ0v) is 8.50. The van der Waals surface area contributed by atoms with E-state index >= 15 is 0 Å². The molecule has 0 bridgehead atoms. The molecule has 0 saturated heterocycles. The summed E-state index contributed by atoms with van der Waals surface area (Å²) >= 11 is 0. The number of benzene rings is 1. The summed E-state index contributed by atoms with van der Waals surface area (Å²) < 4.78 is 4.62. The third-order valence-corrected chi connectivity index (χ3v) is 2.22. The van der Waals surface area contributed by atoms with E-state index in [0.717, 1.165) is 11.3 Å². The number of imidazole rings is 1. The van der Waals surface area contributed by atoms with Crippen molar-refractivity contribution in [1.82, 2.24) is 9.97 Å². The number of rotatable bonds is 1. The van der Waals surface area contributed by atoms with Crippen molar-refractivity contribution >= 4 is 22.7 Å². The summed E-state index contributed by atoms with van der Waals surface area (Å²) in [5.41, 5.74) is 7.94. The van der Waals surface area contributed by atoms with Gasteiger partial charge in [0.15, 0.2) is 0 Å². The molecule has 0 fully saturated rings. The maximum atomic E-state index is 11.3. The number of H-pyrrole nitrogens is 1. The average molecular weight is 205 g/mol. The lowest BCUT2D eigenvalue weighted by Gasteiger charge is -2.03. The van der Waals surface area contributed by atoms with Crippen LogP contribution < -0.4 is 5.73 Å². The summed E-state index contributed by atoms with van der Waals surface area (Å²) in [6.07, 6.45) is 0. The molecule has 2 aromatic rings. The number of hydrogen-bond acceptors (Lipinski definition) is 4. The van der Waals surface area contributed by atoms with Gasteiger partial charge in [-0.2, -0.15) is 0 Å². The number of methoxy groups -OCH3 is 1. The van der Waals surface area contributed by atoms with E-state index in [2.05, 4.69) is 14.7 Å². The van der Waals surface area contributed by atoms with Gasteiger partial charge in [0.2, 0.25) is 0 Å². The van der Waals surface area contributed by atoms with Crippen LogP contribution >= 0.6 is 0 Å². The first-order chi connectivity index (χ1) is 7.13. The van der Waals surface area contributed by atoms with Gasteiger partial charge in [0.25, 0.3) is 0 Å². The van der Waals surface area contributed by atoms with Gasteiger partial charge in [0.05, 0.1) is 23.9 Å². The maximum absolute atomic E-state index is 11.3. The van der Waals surface area contributed by atoms with E-state index in [1.165, 1.54) is 7.11 Å². The van der Waals surface area contributed by atoms with Crippen LogP contribution in [0, 0.1) is 6.92 Å². The molecule has 1 heterocycles. The van der Waals surface area contributed by atoms with E-state index in [1.807, 2.05) is 6.92 Å². The van der Waals surface area contributed by atoms with Gasteiger partial charge in [-0.1, -0.05) is 0 Å². The van der Waals surface area contributed by atoms with Crippen molar-refractivity contribution in [2.24, 2.45) is 0 Å². The van der Waals surface area contributed by atoms with Gasteiger partial charge in [-0.3, -0.25) is 0 Å². The van der Waals surface area contributed by atoms with Crippen LogP contribution in [0.5, 0.6) is 0 Å². The van der Waals surface area contributed by atoms with Gasteiger partial charge < -0.3 is 15.5 Å². The van der Waals surface area contributed by atoms with Crippen LogP contribution in [0.1, 0.15) is 16.2 Å². The third kappa shape index (κ3) is 1.41. The molecule has 1 aromatic heterocycles. The summed E-state index contributed by atoms with van der Waals surface area (Å²) in [5, 5.41) is 0. The fourth-order valence-corrected chi connectivity index (χ4v) is 1.51. The number of aromatic amines is 1. The second kappa shape index (κ2) is 3.27. The topological polar surface area (TPSA) is 81.0 Å². The smallest absolute Gasteiger partial charge is 0.340 e. The number of esters is 1. The molecule has 3 N–H and O–H groups in total. The molecule has 0 aliphatic rings. The van der Waals surface area contributed by atoms with E-state index in [9.17, 15) is 4.79 Å². The molecule has 0 atom stereocenters. The molecular formula is C10H11N3O2. The summed E-state index contributed by atoms with van der Waals surface area (Å²) in [5.74, 6) is 0.314. The van der Waals surface area contributed by atoms with Crippen molar-refractivity contribution in [1.29, 1.82) is 0 Å². The number of carbonyl (C=O) groups is 1. The van der Waals surface area contributed by atoms with E-state index in [0.29, 0.717) is 16.8 Å². The number of nitrogens with zero attached hydrogens (tertiary/aromatic N) is 1. The summed E-state index contributed by atoms with van der Waals surface area (Å²) in [6.45, 7) is 1.83. The molecule has 5 nitrogen and oxygen atoms in total. The van der Waals surface area contributed by atoms with Crippen molar-refractivity contribution in [3.8, 4) is 0 Å². The molecule has 2 rings (SSSR count). The van der Waals surface area contributed by atoms with E-state index < -0.39 is 5.97 Å². The number of nitrogen functional groups attached to an aromatic ring is 1. The normalized spacial score (nSPS) is 10.5. The predicted octanol–water partition coefficient (Wildman–Crippen LogP) is 1.24. The van der Waals surface area contributed by atoms with Crippen LogP contribution in [-0.4, -0.2) is 23.0 Å². The lowest BCUT2D eigenvalue weighted by atomic mass is 10.1. The van der Waals surface area contributed by atoms with Crippen LogP contribution in [-0.2, 0) is 4.74 Å². The van der Waals surface area contributed by atoms with Crippen LogP contribution in [0.2, 0.25) is 0 Å². The second-order valence-corrected chi connectivity index (χ2v) is 3.24. The molecule has 0 aliphatic carbocycles. The molecule has 0 unspecified atom stereocenters. The molecule has 0 spiro atoms. The first-order valence-electron chi connectivity index (χ1n) is 4.46. The predicted molar refractivity (Wildman–Crippen MR) is 56.6 cm³/mol. The van der Waals surface area contributed by atoms with Gasteiger partial charge in [0, 0.05) is 0 Å². The van der Waals surface area contributed by atoms with E-state index in [4.69, 9.17) is 5.73 Å². The molecule has 5 heteroatoms. The zero-order chi connectivity index (χ0) is 11.0. The Morgan fingerprint density at radius 3 is 2.93 bits per heavy atom. The number of nitrogens with one attached hydrogen (secondary N) is 1. The highest BCUT2D eigenvalue weighted by Crippen LogP contribution is 2.23. The highest BCUT2D eigenvalue weighted by atomic mass is 16.5. The quantitative estimate of drug-likeness (QED) is 0.542. The Morgan fingerprint density at radius 1 is 1.53 bits per heavy atom. The van der Waals surface area contributed by atoms with Crippen molar-refractivity contribution in [3.63, 3.8) is 0 Å². The van der Waals surface area contributed by atoms with Gasteiger partial charge >= 0.3 is 5.97 Å². The highest BCUT2D eigenvalue weighted by Gasteiger charge is 2.14. The Balaban J connectivity index is 2.69. The van der Waals surface area contributed by atoms with Crippen LogP contribution in [0.15, 0.2) is 12.1 Å². The minimum atomic E-state index is -0.449. The van der Waals surface area contributed by atoms with Gasteiger partial charge in [-0.25, -0.2) is 9.78 Å². The van der Waals surface area contributed by atoms with Crippen LogP contribution in [0.4, 0.5) is 5.69 Å². The molecule has 1 aromatic carbocycles. The lowest BCUT2D eigenvalue weighted by molar-refractivity contribution is 0.0602. The number of ether oxygens (including phenoxy) is 1. The van der Waals surface area contributed by atoms with Crippen molar-refractivity contribution in [2.45, 2.75) is 6.92 Å². The largest absolute Gasteiger partial charge is 0.465 e. The molecule has 0 radical (unpaired) electrons. The Hall–Kier alpha value is -2.04. The molecule has 78 valence electrons. The Labute approximate surface area is 86.3 Å². The first-order valence-corrected chi connectivity index (χ1v) is 4.46. The molecule has 0 saturated carbocycles. The van der Waals surface area contributed by atoms with Crippen molar-refractivity contribution in [2.75, 3.05) is 12.8 Å². The zero-order valence-electron chi connectivity index (χ0n) is 8.50. The molecule has 0 aliphatic heterocycles. The Kier molecular flexibility index (Phi) is 2.07. The lowest BCUT2D eigenvalue weighted by Crippen LogP contribution is -2.05. The minimum absolute atomic E-state index is 0.344. The van der Waals surface area contributed by atoms with Crippen molar-refractivity contribution in [3.05, 3.63) is 23.5 Å². The second-order valence-electron chi connectivity index (χ2n) is 3.24. The SMILES string of the molecule is COC(=O)c1ccc2[nH]c(C)nc2c1N. The van der Waals surface area contributed by atoms with Gasteiger partial charge in [-0.05, 0) is 19.1 Å². The number of aromatic nitrogens is 2. The number of fused-ring (bicyclic) bond motifs is 1. The van der Waals surface area contributed by atoms with Crippen molar-refractivity contribution < 1.29 is 9.53 Å². The van der Waals surface area contributed by atoms with Crippen LogP contribution in [0.3, 0.4) is 0 Å². The highest BCUT2D eigenvalue weighted by molar-refractivity contribution is 6.03. The fourth-order valence-electron chi connectivity index (χ4n) is 1.51. The van der Waals surface area contributed by atoms with Gasteiger partial charge in [-0.15, -0.1) is 0 Å². The Bertz CT molecular complexity index is 531. The molecular weight excluding hydrogens is 194 g/mol. The standard InChI is InChI=1S/C10H11N3O2/c1-5-12-7-4-3-6(10(14)15-2)8(11)9(7)13-5/h3-4H,11H2,1-2H3,(H,12,13). The average Bonchev–Trinajstić information content (AvgIpc) is 2.59. The summed E-state index contributed by atoms with van der Waals surface area (Å²) in [4.78, 5) is 18.6. The molecule has 15 heavy (non-hydrogen) atoms. The van der Waals surface area contributed by atoms with E-state index in [1.54, 1.807) is 12.1 Å². The fraction of sp³-hybridized carbons (Fsp3) is 0.200. The number of aryl methyl sites for hydroxylation is 1. The number of nitrogens with two attached hydrogens (primary N) is 1. The minimum Gasteiger partial charge on any atom is -0.465 e.